The summed E-state index contributed by atoms with van der Waals surface area (Å²) in [5.41, 5.74) is 1.27. The summed E-state index contributed by atoms with van der Waals surface area (Å²) in [4.78, 5) is 6.52. The summed E-state index contributed by atoms with van der Waals surface area (Å²) < 4.78 is 41.0. The third-order valence-corrected chi connectivity index (χ3v) is 5.58. The summed E-state index contributed by atoms with van der Waals surface area (Å²) in [5.74, 6) is 1.63. The van der Waals surface area contributed by atoms with Gasteiger partial charge in [0.1, 0.15) is 12.4 Å². The molecule has 1 aromatic carbocycles. The maximum absolute atomic E-state index is 13.1. The average Bonchev–Trinajstić information content (AvgIpc) is 3.06. The van der Waals surface area contributed by atoms with Crippen LogP contribution in [0.1, 0.15) is 41.7 Å². The molecule has 0 amide bonds. The number of aliphatic hydroxyl groups is 1. The van der Waals surface area contributed by atoms with Gasteiger partial charge in [0.2, 0.25) is 0 Å². The molecule has 9 heteroatoms. The summed E-state index contributed by atoms with van der Waals surface area (Å²) in [7, 11) is 1.85. The maximum Gasteiger partial charge on any atom is 0.416 e. The number of aromatic nitrogens is 4. The summed E-state index contributed by atoms with van der Waals surface area (Å²) in [6, 6.07) is 5.68. The first-order valence-corrected chi connectivity index (χ1v) is 9.50. The van der Waals surface area contributed by atoms with Crippen LogP contribution in [0.4, 0.5) is 18.9 Å². The van der Waals surface area contributed by atoms with Gasteiger partial charge in [-0.1, -0.05) is 6.07 Å². The highest BCUT2D eigenvalue weighted by atomic mass is 19.4. The molecule has 1 aliphatic heterocycles. The smallest absolute Gasteiger partial charge is 0.388 e. The molecule has 1 fully saturated rings. The molecule has 2 aromatic heterocycles. The first-order chi connectivity index (χ1) is 13.8. The van der Waals surface area contributed by atoms with E-state index in [0.717, 1.165) is 55.0 Å². The van der Waals surface area contributed by atoms with Crippen LogP contribution < -0.4 is 4.90 Å². The summed E-state index contributed by atoms with van der Waals surface area (Å²) in [6.07, 6.45) is -2.69. The molecule has 1 aliphatic rings. The first kappa shape index (κ1) is 19.6. The molecule has 4 rings (SSSR count). The van der Waals surface area contributed by atoms with Crippen LogP contribution in [-0.4, -0.2) is 37.9 Å². The first-order valence-electron chi connectivity index (χ1n) is 9.50. The Balaban J connectivity index is 1.60. The standard InChI is InChI=1S/C20H22F3N5O/c1-12-9-17(15-4-3-14(20(21,22)23)10-16(15)24-12)28-7-5-13(6-8-28)19-26-25-18(11-29)27(19)2/h3-4,9-10,13,29H,5-8,11H2,1-2H3. The summed E-state index contributed by atoms with van der Waals surface area (Å²) in [6.45, 7) is 3.16. The van der Waals surface area contributed by atoms with Gasteiger partial charge < -0.3 is 14.6 Å². The van der Waals surface area contributed by atoms with Crippen LogP contribution in [0.5, 0.6) is 0 Å². The average molecular weight is 405 g/mol. The number of fused-ring (bicyclic) bond motifs is 1. The molecule has 3 heterocycles. The van der Waals surface area contributed by atoms with E-state index in [4.69, 9.17) is 0 Å². The number of piperidine rings is 1. The number of nitrogens with zero attached hydrogens (tertiary/aromatic N) is 5. The second-order valence-corrected chi connectivity index (χ2v) is 7.47. The van der Waals surface area contributed by atoms with Gasteiger partial charge in [0, 0.05) is 42.8 Å². The Hall–Kier alpha value is -2.68. The van der Waals surface area contributed by atoms with Gasteiger partial charge in [-0.25, -0.2) is 0 Å². The van der Waals surface area contributed by atoms with Crippen molar-refractivity contribution in [2.24, 2.45) is 7.05 Å². The van der Waals surface area contributed by atoms with E-state index in [-0.39, 0.29) is 12.5 Å². The molecule has 0 unspecified atom stereocenters. The van der Waals surface area contributed by atoms with Crippen molar-refractivity contribution in [3.63, 3.8) is 0 Å². The number of hydrogen-bond donors (Lipinski definition) is 1. The van der Waals surface area contributed by atoms with Gasteiger partial charge in [0.25, 0.3) is 0 Å². The van der Waals surface area contributed by atoms with E-state index in [9.17, 15) is 18.3 Å². The van der Waals surface area contributed by atoms with Gasteiger partial charge in [-0.05, 0) is 38.0 Å². The number of aryl methyl sites for hydroxylation is 1. The van der Waals surface area contributed by atoms with Crippen LogP contribution in [0.15, 0.2) is 24.3 Å². The fraction of sp³-hybridized carbons (Fsp3) is 0.450. The second-order valence-electron chi connectivity index (χ2n) is 7.47. The Kier molecular flexibility index (Phi) is 4.94. The Morgan fingerprint density at radius 1 is 1.14 bits per heavy atom. The lowest BCUT2D eigenvalue weighted by Gasteiger charge is -2.34. The number of pyridine rings is 1. The molecule has 29 heavy (non-hydrogen) atoms. The molecule has 6 nitrogen and oxygen atoms in total. The SMILES string of the molecule is Cc1cc(N2CCC(c3nnc(CO)n3C)CC2)c2ccc(C(F)(F)F)cc2n1. The minimum absolute atomic E-state index is 0.148. The van der Waals surface area contributed by atoms with E-state index < -0.39 is 11.7 Å². The molecule has 1 N–H and O–H groups in total. The third kappa shape index (κ3) is 3.66. The van der Waals surface area contributed by atoms with E-state index in [1.807, 2.05) is 17.7 Å². The molecule has 0 bridgehead atoms. The largest absolute Gasteiger partial charge is 0.416 e. The highest BCUT2D eigenvalue weighted by Crippen LogP contribution is 2.36. The Bertz CT molecular complexity index is 1040. The van der Waals surface area contributed by atoms with Gasteiger partial charge in [0.05, 0.1) is 11.1 Å². The number of alkyl halides is 3. The number of rotatable bonds is 3. The van der Waals surface area contributed by atoms with E-state index in [2.05, 4.69) is 20.1 Å². The van der Waals surface area contributed by atoms with Crippen molar-refractivity contribution in [1.82, 2.24) is 19.7 Å². The number of halogens is 3. The second kappa shape index (κ2) is 7.29. The lowest BCUT2D eigenvalue weighted by molar-refractivity contribution is -0.137. The predicted molar refractivity (Wildman–Crippen MR) is 103 cm³/mol. The molecule has 3 aromatic rings. The van der Waals surface area contributed by atoms with E-state index >= 15 is 0 Å². The minimum Gasteiger partial charge on any atom is -0.388 e. The van der Waals surface area contributed by atoms with Gasteiger partial charge in [-0.2, -0.15) is 13.2 Å². The molecule has 154 valence electrons. The van der Waals surface area contributed by atoms with E-state index in [1.54, 1.807) is 6.92 Å². The van der Waals surface area contributed by atoms with Crippen molar-refractivity contribution in [2.75, 3.05) is 18.0 Å². The highest BCUT2D eigenvalue weighted by molar-refractivity contribution is 5.92. The Labute approximate surface area is 166 Å². The highest BCUT2D eigenvalue weighted by Gasteiger charge is 2.31. The van der Waals surface area contributed by atoms with Crippen LogP contribution in [0.25, 0.3) is 10.9 Å². The number of benzene rings is 1. The zero-order valence-corrected chi connectivity index (χ0v) is 16.2. The fourth-order valence-corrected chi connectivity index (χ4v) is 4.02. The minimum atomic E-state index is -4.39. The fourth-order valence-electron chi connectivity index (χ4n) is 4.02. The molecule has 1 saturated heterocycles. The van der Waals surface area contributed by atoms with Crippen molar-refractivity contribution < 1.29 is 18.3 Å². The molecule has 0 radical (unpaired) electrons. The number of anilines is 1. The molecule has 0 atom stereocenters. The lowest BCUT2D eigenvalue weighted by Crippen LogP contribution is -2.34. The summed E-state index contributed by atoms with van der Waals surface area (Å²) in [5, 5.41) is 18.3. The molecule has 0 aliphatic carbocycles. The predicted octanol–water partition coefficient (Wildman–Crippen LogP) is 3.57. The van der Waals surface area contributed by atoms with Gasteiger partial charge in [0.15, 0.2) is 5.82 Å². The molecular formula is C20H22F3N5O. The van der Waals surface area contributed by atoms with Crippen LogP contribution in [0.3, 0.4) is 0 Å². The van der Waals surface area contributed by atoms with Crippen molar-refractivity contribution in [3.05, 3.63) is 47.2 Å². The molecule has 0 saturated carbocycles. The normalized spacial score (nSPS) is 16.0. The van der Waals surface area contributed by atoms with Crippen molar-refractivity contribution in [3.8, 4) is 0 Å². The number of hydrogen-bond acceptors (Lipinski definition) is 5. The van der Waals surface area contributed by atoms with Crippen LogP contribution in [0.2, 0.25) is 0 Å². The van der Waals surface area contributed by atoms with Crippen LogP contribution >= 0.6 is 0 Å². The van der Waals surface area contributed by atoms with Crippen molar-refractivity contribution in [2.45, 2.75) is 38.5 Å². The monoisotopic (exact) mass is 405 g/mol. The Morgan fingerprint density at radius 2 is 1.86 bits per heavy atom. The molecular weight excluding hydrogens is 383 g/mol. The van der Waals surface area contributed by atoms with Gasteiger partial charge in [-0.15, -0.1) is 10.2 Å². The Morgan fingerprint density at radius 3 is 2.48 bits per heavy atom. The topological polar surface area (TPSA) is 67.1 Å². The number of aliphatic hydroxyl groups excluding tert-OH is 1. The van der Waals surface area contributed by atoms with Crippen LogP contribution in [-0.2, 0) is 19.8 Å². The van der Waals surface area contributed by atoms with Crippen molar-refractivity contribution in [1.29, 1.82) is 0 Å². The van der Waals surface area contributed by atoms with Crippen LogP contribution in [0, 0.1) is 6.92 Å². The van der Waals surface area contributed by atoms with E-state index in [0.29, 0.717) is 17.0 Å². The zero-order chi connectivity index (χ0) is 20.8. The zero-order valence-electron chi connectivity index (χ0n) is 16.2. The summed E-state index contributed by atoms with van der Waals surface area (Å²) >= 11 is 0. The van der Waals surface area contributed by atoms with Crippen molar-refractivity contribution >= 4 is 16.6 Å². The molecule has 0 spiro atoms. The van der Waals surface area contributed by atoms with Gasteiger partial charge in [-0.3, -0.25) is 4.98 Å². The van der Waals surface area contributed by atoms with E-state index in [1.165, 1.54) is 6.07 Å². The third-order valence-electron chi connectivity index (χ3n) is 5.58. The lowest BCUT2D eigenvalue weighted by atomic mass is 9.95. The quantitative estimate of drug-likeness (QED) is 0.722. The van der Waals surface area contributed by atoms with Gasteiger partial charge >= 0.3 is 6.18 Å². The maximum atomic E-state index is 13.1.